The van der Waals surface area contributed by atoms with Crippen LogP contribution in [0.4, 0.5) is 0 Å². The van der Waals surface area contributed by atoms with Gasteiger partial charge < -0.3 is 10.1 Å². The highest BCUT2D eigenvalue weighted by Gasteiger charge is 2.45. The summed E-state index contributed by atoms with van der Waals surface area (Å²) in [5, 5.41) is 13.3. The molecule has 18 heavy (non-hydrogen) atoms. The second kappa shape index (κ2) is 4.25. The first kappa shape index (κ1) is 11.5. The number of nitrogens with one attached hydrogen (secondary N) is 1. The average Bonchev–Trinajstić information content (AvgIpc) is 2.78. The topological polar surface area (TPSA) is 57.9 Å². The molecule has 1 aromatic rings. The van der Waals surface area contributed by atoms with Crippen molar-refractivity contribution < 1.29 is 4.74 Å². The fourth-order valence-corrected chi connectivity index (χ4v) is 3.33. The van der Waals surface area contributed by atoms with Gasteiger partial charge in [-0.05, 0) is 37.3 Å². The number of ether oxygens (including phenoxy) is 1. The van der Waals surface area contributed by atoms with Gasteiger partial charge in [0.2, 0.25) is 0 Å². The van der Waals surface area contributed by atoms with E-state index in [4.69, 9.17) is 4.74 Å². The molecule has 2 unspecified atom stereocenters. The summed E-state index contributed by atoms with van der Waals surface area (Å²) in [5.74, 6) is 0.730. The Hall–Kier alpha value is -1.60. The summed E-state index contributed by atoms with van der Waals surface area (Å²) in [6, 6.07) is 5.47. The van der Waals surface area contributed by atoms with Crippen LogP contribution in [0.25, 0.3) is 0 Å². The van der Waals surface area contributed by atoms with Crippen molar-refractivity contribution >= 4 is 0 Å². The molecule has 2 bridgehead atoms. The minimum Gasteiger partial charge on any atom is -0.495 e. The first-order valence-corrected chi connectivity index (χ1v) is 6.42. The number of pyridine rings is 1. The lowest BCUT2D eigenvalue weighted by molar-refractivity contribution is 0.303. The number of hydrogen-bond donors (Lipinski definition) is 1. The lowest BCUT2D eigenvalue weighted by Crippen LogP contribution is -2.46. The molecule has 0 saturated carbocycles. The van der Waals surface area contributed by atoms with Gasteiger partial charge in [-0.25, -0.2) is 0 Å². The van der Waals surface area contributed by atoms with Crippen molar-refractivity contribution in [1.29, 1.82) is 5.26 Å². The Morgan fingerprint density at radius 1 is 1.39 bits per heavy atom. The van der Waals surface area contributed by atoms with Crippen molar-refractivity contribution in [3.05, 3.63) is 24.0 Å². The third-order valence-electron chi connectivity index (χ3n) is 4.24. The molecule has 1 N–H and O–H groups in total. The molecule has 2 aliphatic rings. The largest absolute Gasteiger partial charge is 0.495 e. The maximum absolute atomic E-state index is 9.68. The van der Waals surface area contributed by atoms with E-state index in [1.165, 1.54) is 12.8 Å². The van der Waals surface area contributed by atoms with Gasteiger partial charge >= 0.3 is 0 Å². The number of piperidine rings is 1. The van der Waals surface area contributed by atoms with Crippen LogP contribution in [0.2, 0.25) is 0 Å². The summed E-state index contributed by atoms with van der Waals surface area (Å²) in [7, 11) is 1.63. The molecule has 2 fully saturated rings. The molecular weight excluding hydrogens is 226 g/mol. The second-order valence-corrected chi connectivity index (χ2v) is 5.35. The Labute approximate surface area is 107 Å². The van der Waals surface area contributed by atoms with E-state index in [1.54, 1.807) is 13.3 Å². The number of fused-ring (bicyclic) bond motifs is 2. The fraction of sp³-hybridized carbons (Fsp3) is 0.571. The molecule has 1 aromatic heterocycles. The van der Waals surface area contributed by atoms with E-state index in [0.717, 1.165) is 24.2 Å². The smallest absolute Gasteiger partial charge is 0.137 e. The zero-order valence-electron chi connectivity index (χ0n) is 10.5. The van der Waals surface area contributed by atoms with Gasteiger partial charge in [-0.2, -0.15) is 5.26 Å². The van der Waals surface area contributed by atoms with Crippen molar-refractivity contribution in [2.45, 2.75) is 43.2 Å². The first-order chi connectivity index (χ1) is 8.75. The molecule has 2 saturated heterocycles. The summed E-state index contributed by atoms with van der Waals surface area (Å²) >= 11 is 0. The molecule has 0 aromatic carbocycles. The van der Waals surface area contributed by atoms with E-state index in [2.05, 4.69) is 16.4 Å². The second-order valence-electron chi connectivity index (χ2n) is 5.35. The standard InChI is InChI=1S/C14H17N3O/c1-18-13-4-10(7-16-8-13)14(9-15)5-11-2-3-12(6-14)17-11/h4,7-8,11-12,17H,2-3,5-6H2,1H3. The monoisotopic (exact) mass is 243 g/mol. The van der Waals surface area contributed by atoms with Gasteiger partial charge in [0.05, 0.1) is 24.8 Å². The van der Waals surface area contributed by atoms with Crippen LogP contribution in [0.15, 0.2) is 18.5 Å². The van der Waals surface area contributed by atoms with Crippen molar-refractivity contribution in [2.75, 3.05) is 7.11 Å². The van der Waals surface area contributed by atoms with E-state index in [1.807, 2.05) is 12.3 Å². The molecule has 4 nitrogen and oxygen atoms in total. The number of methoxy groups -OCH3 is 1. The minimum absolute atomic E-state index is 0.390. The molecular formula is C14H17N3O. The number of nitriles is 1. The van der Waals surface area contributed by atoms with Gasteiger partial charge in [-0.3, -0.25) is 4.98 Å². The van der Waals surface area contributed by atoms with Gasteiger partial charge in [-0.1, -0.05) is 0 Å². The highest BCUT2D eigenvalue weighted by atomic mass is 16.5. The number of aromatic nitrogens is 1. The van der Waals surface area contributed by atoms with Crippen LogP contribution >= 0.6 is 0 Å². The van der Waals surface area contributed by atoms with E-state index in [9.17, 15) is 5.26 Å². The summed E-state index contributed by atoms with van der Waals surface area (Å²) in [5.41, 5.74) is 0.612. The summed E-state index contributed by atoms with van der Waals surface area (Å²) in [6.45, 7) is 0. The van der Waals surface area contributed by atoms with E-state index < -0.39 is 5.41 Å². The molecule has 4 heteroatoms. The van der Waals surface area contributed by atoms with Crippen LogP contribution in [0, 0.1) is 11.3 Å². The van der Waals surface area contributed by atoms with Crippen LogP contribution in [-0.2, 0) is 5.41 Å². The van der Waals surface area contributed by atoms with Crippen molar-refractivity contribution in [3.63, 3.8) is 0 Å². The third kappa shape index (κ3) is 1.75. The van der Waals surface area contributed by atoms with Gasteiger partial charge in [0.25, 0.3) is 0 Å². The molecule has 0 spiro atoms. The van der Waals surface area contributed by atoms with Crippen LogP contribution in [-0.4, -0.2) is 24.2 Å². The van der Waals surface area contributed by atoms with E-state index >= 15 is 0 Å². The Bertz CT molecular complexity index is 482. The molecule has 3 heterocycles. The van der Waals surface area contributed by atoms with Gasteiger partial charge in [0.15, 0.2) is 0 Å². The van der Waals surface area contributed by atoms with Gasteiger partial charge in [0.1, 0.15) is 5.75 Å². The Morgan fingerprint density at radius 3 is 2.72 bits per heavy atom. The first-order valence-electron chi connectivity index (χ1n) is 6.42. The highest BCUT2D eigenvalue weighted by Crippen LogP contribution is 2.42. The molecule has 3 rings (SSSR count). The normalized spacial score (nSPS) is 34.0. The Kier molecular flexibility index (Phi) is 2.71. The quantitative estimate of drug-likeness (QED) is 0.860. The highest BCUT2D eigenvalue weighted by molar-refractivity contribution is 5.37. The molecule has 2 atom stereocenters. The average molecular weight is 243 g/mol. The van der Waals surface area contributed by atoms with Gasteiger partial charge in [-0.15, -0.1) is 0 Å². The lowest BCUT2D eigenvalue weighted by atomic mass is 9.72. The summed E-state index contributed by atoms with van der Waals surface area (Å²) < 4.78 is 5.22. The molecule has 0 amide bonds. The van der Waals surface area contributed by atoms with E-state index in [-0.39, 0.29) is 0 Å². The lowest BCUT2D eigenvalue weighted by Gasteiger charge is -2.36. The molecule has 2 aliphatic heterocycles. The molecule has 94 valence electrons. The van der Waals surface area contributed by atoms with Crippen molar-refractivity contribution in [1.82, 2.24) is 10.3 Å². The van der Waals surface area contributed by atoms with Gasteiger partial charge in [0, 0.05) is 18.3 Å². The summed E-state index contributed by atoms with van der Waals surface area (Å²) in [6.07, 6.45) is 7.64. The maximum Gasteiger partial charge on any atom is 0.137 e. The Balaban J connectivity index is 1.98. The SMILES string of the molecule is COc1cncc(C2(C#N)CC3CCC(C2)N3)c1. The third-order valence-corrected chi connectivity index (χ3v) is 4.24. The van der Waals surface area contributed by atoms with Crippen molar-refractivity contribution in [3.8, 4) is 11.8 Å². The predicted octanol–water partition coefficient (Wildman–Crippen LogP) is 1.77. The molecule has 0 aliphatic carbocycles. The molecule has 0 radical (unpaired) electrons. The maximum atomic E-state index is 9.68. The Morgan fingerprint density at radius 2 is 2.11 bits per heavy atom. The van der Waals surface area contributed by atoms with Crippen LogP contribution < -0.4 is 10.1 Å². The summed E-state index contributed by atoms with van der Waals surface area (Å²) in [4.78, 5) is 4.20. The van der Waals surface area contributed by atoms with Crippen LogP contribution in [0.3, 0.4) is 0 Å². The van der Waals surface area contributed by atoms with Crippen molar-refractivity contribution in [2.24, 2.45) is 0 Å². The number of rotatable bonds is 2. The number of nitrogens with zero attached hydrogens (tertiary/aromatic N) is 2. The minimum atomic E-state index is -0.390. The fourth-order valence-electron chi connectivity index (χ4n) is 3.33. The number of hydrogen-bond acceptors (Lipinski definition) is 4. The van der Waals surface area contributed by atoms with E-state index in [0.29, 0.717) is 12.1 Å². The zero-order chi connectivity index (χ0) is 12.6. The predicted molar refractivity (Wildman–Crippen MR) is 67.3 cm³/mol. The van der Waals surface area contributed by atoms with Crippen LogP contribution in [0.1, 0.15) is 31.2 Å². The van der Waals surface area contributed by atoms with Crippen LogP contribution in [0.5, 0.6) is 5.75 Å². The zero-order valence-corrected chi connectivity index (χ0v) is 10.5.